The summed E-state index contributed by atoms with van der Waals surface area (Å²) in [4.78, 5) is 0.740. The SMILES string of the molecule is O=S(=O)(c1ccccc1)c1ccc(C2CCCCC2)cc1. The molecule has 0 spiro atoms. The van der Waals surface area contributed by atoms with Crippen LogP contribution in [0.5, 0.6) is 0 Å². The van der Waals surface area contributed by atoms with Gasteiger partial charge in [0.2, 0.25) is 9.84 Å². The van der Waals surface area contributed by atoms with Gasteiger partial charge in [-0.25, -0.2) is 8.42 Å². The Morgan fingerprint density at radius 1 is 0.714 bits per heavy atom. The zero-order valence-electron chi connectivity index (χ0n) is 12.0. The molecule has 0 amide bonds. The van der Waals surface area contributed by atoms with Crippen LogP contribution in [-0.4, -0.2) is 8.42 Å². The summed E-state index contributed by atoms with van der Waals surface area (Å²) in [7, 11) is -3.39. The van der Waals surface area contributed by atoms with E-state index in [9.17, 15) is 8.42 Å². The molecule has 0 atom stereocenters. The maximum atomic E-state index is 12.5. The van der Waals surface area contributed by atoms with E-state index < -0.39 is 9.84 Å². The number of hydrogen-bond acceptors (Lipinski definition) is 2. The smallest absolute Gasteiger partial charge is 0.206 e. The van der Waals surface area contributed by atoms with Crippen molar-refractivity contribution >= 4 is 9.84 Å². The molecule has 21 heavy (non-hydrogen) atoms. The average Bonchev–Trinajstić information content (AvgIpc) is 2.57. The zero-order chi connectivity index (χ0) is 14.7. The van der Waals surface area contributed by atoms with Crippen LogP contribution in [0.3, 0.4) is 0 Å². The highest BCUT2D eigenvalue weighted by molar-refractivity contribution is 7.91. The van der Waals surface area contributed by atoms with Crippen LogP contribution >= 0.6 is 0 Å². The predicted octanol–water partition coefficient (Wildman–Crippen LogP) is 4.57. The van der Waals surface area contributed by atoms with Crippen LogP contribution in [-0.2, 0) is 9.84 Å². The minimum absolute atomic E-state index is 0.357. The first-order valence-electron chi connectivity index (χ1n) is 7.58. The highest BCUT2D eigenvalue weighted by Crippen LogP contribution is 2.33. The summed E-state index contributed by atoms with van der Waals surface area (Å²) in [6.07, 6.45) is 6.36. The fourth-order valence-corrected chi connectivity index (χ4v) is 4.37. The average molecular weight is 300 g/mol. The van der Waals surface area contributed by atoms with E-state index in [0.717, 1.165) is 0 Å². The fraction of sp³-hybridized carbons (Fsp3) is 0.333. The second kappa shape index (κ2) is 6.02. The predicted molar refractivity (Wildman–Crippen MR) is 84.2 cm³/mol. The summed E-state index contributed by atoms with van der Waals surface area (Å²) in [6.45, 7) is 0. The first-order chi connectivity index (χ1) is 10.2. The molecule has 3 rings (SSSR count). The van der Waals surface area contributed by atoms with Crippen molar-refractivity contribution in [3.8, 4) is 0 Å². The Balaban J connectivity index is 1.87. The fourth-order valence-electron chi connectivity index (χ4n) is 3.09. The molecule has 1 fully saturated rings. The van der Waals surface area contributed by atoms with Gasteiger partial charge in [0.25, 0.3) is 0 Å². The first-order valence-corrected chi connectivity index (χ1v) is 9.06. The van der Waals surface area contributed by atoms with Gasteiger partial charge in [-0.05, 0) is 48.6 Å². The Bertz CT molecular complexity index is 682. The van der Waals surface area contributed by atoms with Gasteiger partial charge in [0, 0.05) is 0 Å². The van der Waals surface area contributed by atoms with Crippen molar-refractivity contribution in [3.63, 3.8) is 0 Å². The molecule has 0 aliphatic heterocycles. The van der Waals surface area contributed by atoms with E-state index in [-0.39, 0.29) is 0 Å². The van der Waals surface area contributed by atoms with Crippen LogP contribution < -0.4 is 0 Å². The molecule has 3 heteroatoms. The molecule has 1 saturated carbocycles. The van der Waals surface area contributed by atoms with Crippen LogP contribution in [0, 0.1) is 0 Å². The Labute approximate surface area is 126 Å². The lowest BCUT2D eigenvalue weighted by molar-refractivity contribution is 0.443. The lowest BCUT2D eigenvalue weighted by atomic mass is 9.84. The molecule has 0 N–H and O–H groups in total. The van der Waals surface area contributed by atoms with Crippen molar-refractivity contribution in [2.45, 2.75) is 47.8 Å². The maximum absolute atomic E-state index is 12.5. The third kappa shape index (κ3) is 3.03. The van der Waals surface area contributed by atoms with Crippen LogP contribution in [0.4, 0.5) is 0 Å². The van der Waals surface area contributed by atoms with Gasteiger partial charge in [-0.1, -0.05) is 49.6 Å². The molecule has 0 aromatic heterocycles. The molecule has 110 valence electrons. The highest BCUT2D eigenvalue weighted by Gasteiger charge is 2.19. The summed E-state index contributed by atoms with van der Waals surface area (Å²) in [5.74, 6) is 0.604. The topological polar surface area (TPSA) is 34.1 Å². The van der Waals surface area contributed by atoms with Gasteiger partial charge >= 0.3 is 0 Å². The minimum atomic E-state index is -3.39. The van der Waals surface area contributed by atoms with Crippen LogP contribution in [0.2, 0.25) is 0 Å². The highest BCUT2D eigenvalue weighted by atomic mass is 32.2. The molecule has 0 saturated heterocycles. The number of sulfone groups is 1. The van der Waals surface area contributed by atoms with Crippen LogP contribution in [0.1, 0.15) is 43.6 Å². The van der Waals surface area contributed by atoms with Gasteiger partial charge in [-0.15, -0.1) is 0 Å². The Kier molecular flexibility index (Phi) is 4.11. The first kappa shape index (κ1) is 14.3. The van der Waals surface area contributed by atoms with Crippen molar-refractivity contribution < 1.29 is 8.42 Å². The minimum Gasteiger partial charge on any atom is -0.219 e. The van der Waals surface area contributed by atoms with Gasteiger partial charge < -0.3 is 0 Å². The summed E-state index contributed by atoms with van der Waals surface area (Å²) in [5, 5.41) is 0. The van der Waals surface area contributed by atoms with Gasteiger partial charge in [-0.3, -0.25) is 0 Å². The number of benzene rings is 2. The Hall–Kier alpha value is -1.61. The van der Waals surface area contributed by atoms with Crippen molar-refractivity contribution in [3.05, 3.63) is 60.2 Å². The molecule has 1 aliphatic rings. The third-order valence-electron chi connectivity index (χ3n) is 4.32. The summed E-state index contributed by atoms with van der Waals surface area (Å²) < 4.78 is 25.0. The standard InChI is InChI=1S/C18H20O2S/c19-21(20,17-9-5-2-6-10-17)18-13-11-16(12-14-18)15-7-3-1-4-8-15/h2,5-6,9-15H,1,3-4,7-8H2. The van der Waals surface area contributed by atoms with Crippen molar-refractivity contribution in [1.82, 2.24) is 0 Å². The van der Waals surface area contributed by atoms with E-state index in [1.807, 2.05) is 18.2 Å². The second-order valence-corrected chi connectivity index (χ2v) is 7.67. The molecule has 2 aromatic rings. The van der Waals surface area contributed by atoms with E-state index in [4.69, 9.17) is 0 Å². The molecule has 2 nitrogen and oxygen atoms in total. The summed E-state index contributed by atoms with van der Waals surface area (Å²) >= 11 is 0. The lowest BCUT2D eigenvalue weighted by Crippen LogP contribution is -2.06. The normalized spacial score (nSPS) is 16.8. The van der Waals surface area contributed by atoms with Gasteiger partial charge in [-0.2, -0.15) is 0 Å². The molecule has 0 heterocycles. The van der Waals surface area contributed by atoms with E-state index in [0.29, 0.717) is 15.7 Å². The van der Waals surface area contributed by atoms with Gasteiger partial charge in [0.15, 0.2) is 0 Å². The van der Waals surface area contributed by atoms with E-state index >= 15 is 0 Å². The summed E-state index contributed by atoms with van der Waals surface area (Å²) in [5.41, 5.74) is 1.28. The van der Waals surface area contributed by atoms with Gasteiger partial charge in [0.05, 0.1) is 9.79 Å². The van der Waals surface area contributed by atoms with E-state index in [1.165, 1.54) is 37.7 Å². The summed E-state index contributed by atoms with van der Waals surface area (Å²) in [6, 6.07) is 16.1. The number of rotatable bonds is 3. The van der Waals surface area contributed by atoms with E-state index in [1.54, 1.807) is 36.4 Å². The third-order valence-corrected chi connectivity index (χ3v) is 6.11. The van der Waals surface area contributed by atoms with Gasteiger partial charge in [0.1, 0.15) is 0 Å². The molecule has 1 aliphatic carbocycles. The van der Waals surface area contributed by atoms with Crippen molar-refractivity contribution in [2.75, 3.05) is 0 Å². The molecular weight excluding hydrogens is 280 g/mol. The quantitative estimate of drug-likeness (QED) is 0.832. The number of hydrogen-bond donors (Lipinski definition) is 0. The van der Waals surface area contributed by atoms with Crippen molar-refractivity contribution in [1.29, 1.82) is 0 Å². The Morgan fingerprint density at radius 2 is 1.29 bits per heavy atom. The largest absolute Gasteiger partial charge is 0.219 e. The Morgan fingerprint density at radius 3 is 1.90 bits per heavy atom. The molecule has 0 unspecified atom stereocenters. The lowest BCUT2D eigenvalue weighted by Gasteiger charge is -2.22. The molecule has 0 bridgehead atoms. The van der Waals surface area contributed by atoms with Crippen molar-refractivity contribution in [2.24, 2.45) is 0 Å². The monoisotopic (exact) mass is 300 g/mol. The van der Waals surface area contributed by atoms with E-state index in [2.05, 4.69) is 0 Å². The molecule has 2 aromatic carbocycles. The van der Waals surface area contributed by atoms with Crippen LogP contribution in [0.25, 0.3) is 0 Å². The zero-order valence-corrected chi connectivity index (χ0v) is 12.9. The molecular formula is C18H20O2S. The molecule has 0 radical (unpaired) electrons. The maximum Gasteiger partial charge on any atom is 0.206 e. The second-order valence-electron chi connectivity index (χ2n) is 5.72. The van der Waals surface area contributed by atoms with Crippen LogP contribution in [0.15, 0.2) is 64.4 Å².